The number of hydrogen-bond acceptors (Lipinski definition) is 3. The van der Waals surface area contributed by atoms with E-state index in [1.165, 1.54) is 31.1 Å². The van der Waals surface area contributed by atoms with Gasteiger partial charge in [0.2, 0.25) is 0 Å². The van der Waals surface area contributed by atoms with Crippen molar-refractivity contribution in [2.45, 2.75) is 64.4 Å². The van der Waals surface area contributed by atoms with Crippen LogP contribution in [0.3, 0.4) is 0 Å². The fourth-order valence-corrected chi connectivity index (χ4v) is 2.03. The summed E-state index contributed by atoms with van der Waals surface area (Å²) in [5.41, 5.74) is 0. The molecular formula is C20H30O4. The smallest absolute Gasteiger partial charge is 0.307 e. The standard InChI is InChI=1S/C20H30O4/c1-2-3-9-13-18(21)14-10-7-5-4-6-8-11-15-19(22)16-12-17-20(23)24/h4-6,8,11-12,15-16,18,21H,2-3,7,9-10,13-14,17H2,1H3,(H,23,24). The highest BCUT2D eigenvalue weighted by Crippen LogP contribution is 2.09. The van der Waals surface area contributed by atoms with E-state index >= 15 is 0 Å². The summed E-state index contributed by atoms with van der Waals surface area (Å²) in [4.78, 5) is 21.6. The summed E-state index contributed by atoms with van der Waals surface area (Å²) in [7, 11) is 0. The summed E-state index contributed by atoms with van der Waals surface area (Å²) in [5.74, 6) is -1.19. The van der Waals surface area contributed by atoms with Gasteiger partial charge in [0, 0.05) is 0 Å². The summed E-state index contributed by atoms with van der Waals surface area (Å²) in [6.45, 7) is 2.16. The number of aliphatic hydroxyl groups excluding tert-OH is 1. The third kappa shape index (κ3) is 16.4. The van der Waals surface area contributed by atoms with Gasteiger partial charge in [-0.1, -0.05) is 62.6 Å². The van der Waals surface area contributed by atoms with Gasteiger partial charge in [-0.05, 0) is 37.8 Å². The molecule has 4 nitrogen and oxygen atoms in total. The lowest BCUT2D eigenvalue weighted by molar-refractivity contribution is -0.136. The summed E-state index contributed by atoms with van der Waals surface area (Å²) in [6.07, 6.45) is 19.9. The van der Waals surface area contributed by atoms with Gasteiger partial charge in [0.05, 0.1) is 12.5 Å². The lowest BCUT2D eigenvalue weighted by atomic mass is 10.1. The number of carbonyl (C=O) groups excluding carboxylic acids is 1. The Bertz CT molecular complexity index is 458. The van der Waals surface area contributed by atoms with Gasteiger partial charge in [0.1, 0.15) is 0 Å². The average Bonchev–Trinajstić information content (AvgIpc) is 2.53. The van der Waals surface area contributed by atoms with E-state index in [4.69, 9.17) is 5.11 Å². The number of carboxylic acid groups (broad SMARTS) is 1. The van der Waals surface area contributed by atoms with Crippen molar-refractivity contribution in [2.24, 2.45) is 0 Å². The molecule has 24 heavy (non-hydrogen) atoms. The van der Waals surface area contributed by atoms with Crippen molar-refractivity contribution in [1.82, 2.24) is 0 Å². The van der Waals surface area contributed by atoms with Gasteiger partial charge in [-0.3, -0.25) is 9.59 Å². The Balaban J connectivity index is 3.74. The first-order valence-corrected chi connectivity index (χ1v) is 8.66. The highest BCUT2D eigenvalue weighted by molar-refractivity contribution is 5.99. The Hall–Kier alpha value is -1.94. The van der Waals surface area contributed by atoms with Crippen LogP contribution in [0.15, 0.2) is 48.6 Å². The van der Waals surface area contributed by atoms with Crippen LogP contribution < -0.4 is 0 Å². The minimum absolute atomic E-state index is 0.147. The molecule has 0 aliphatic heterocycles. The number of aliphatic carboxylic acids is 1. The SMILES string of the molecule is CCCCCC(O)CCCC=CC=CC=CC(=O)C=CCC(=O)O. The third-order valence-corrected chi connectivity index (χ3v) is 3.35. The molecule has 1 atom stereocenters. The Labute approximate surface area is 145 Å². The van der Waals surface area contributed by atoms with Crippen molar-refractivity contribution in [2.75, 3.05) is 0 Å². The number of ketones is 1. The van der Waals surface area contributed by atoms with Gasteiger partial charge in [-0.15, -0.1) is 0 Å². The van der Waals surface area contributed by atoms with Crippen LogP contribution in [0.1, 0.15) is 58.3 Å². The number of hydrogen-bond donors (Lipinski definition) is 2. The van der Waals surface area contributed by atoms with Crippen LogP contribution in [0.25, 0.3) is 0 Å². The topological polar surface area (TPSA) is 74.6 Å². The Kier molecular flexibility index (Phi) is 14.6. The van der Waals surface area contributed by atoms with Crippen LogP contribution >= 0.6 is 0 Å². The van der Waals surface area contributed by atoms with Gasteiger partial charge >= 0.3 is 5.97 Å². The largest absolute Gasteiger partial charge is 0.481 e. The molecule has 0 saturated heterocycles. The van der Waals surface area contributed by atoms with E-state index in [1.54, 1.807) is 12.2 Å². The van der Waals surface area contributed by atoms with Crippen LogP contribution in [-0.4, -0.2) is 28.1 Å². The number of rotatable bonds is 14. The van der Waals surface area contributed by atoms with E-state index in [9.17, 15) is 14.7 Å². The lowest BCUT2D eigenvalue weighted by Gasteiger charge is -2.08. The highest BCUT2D eigenvalue weighted by atomic mass is 16.4. The molecule has 0 aliphatic carbocycles. The molecule has 4 heteroatoms. The number of aliphatic hydroxyl groups is 1. The Morgan fingerprint density at radius 3 is 2.33 bits per heavy atom. The molecule has 0 aliphatic rings. The fraction of sp³-hybridized carbons (Fsp3) is 0.500. The van der Waals surface area contributed by atoms with Crippen molar-refractivity contribution in [1.29, 1.82) is 0 Å². The lowest BCUT2D eigenvalue weighted by Crippen LogP contribution is -2.05. The molecule has 0 radical (unpaired) electrons. The van der Waals surface area contributed by atoms with E-state index in [2.05, 4.69) is 6.92 Å². The second-order valence-electron chi connectivity index (χ2n) is 5.66. The van der Waals surface area contributed by atoms with Crippen molar-refractivity contribution in [3.8, 4) is 0 Å². The molecule has 0 saturated carbocycles. The van der Waals surface area contributed by atoms with Gasteiger partial charge in [0.15, 0.2) is 5.78 Å². The van der Waals surface area contributed by atoms with E-state index in [1.807, 2.05) is 18.2 Å². The van der Waals surface area contributed by atoms with Gasteiger partial charge < -0.3 is 10.2 Å². The normalized spacial score (nSPS) is 13.6. The minimum Gasteiger partial charge on any atom is -0.481 e. The maximum absolute atomic E-state index is 11.3. The summed E-state index contributed by atoms with van der Waals surface area (Å²) in [5, 5.41) is 18.2. The molecule has 0 bridgehead atoms. The fourth-order valence-electron chi connectivity index (χ4n) is 2.03. The molecule has 0 aromatic carbocycles. The molecule has 0 rings (SSSR count). The molecule has 134 valence electrons. The molecule has 0 fully saturated rings. The van der Waals surface area contributed by atoms with E-state index < -0.39 is 5.97 Å². The van der Waals surface area contributed by atoms with Crippen molar-refractivity contribution >= 4 is 11.8 Å². The number of unbranched alkanes of at least 4 members (excludes halogenated alkanes) is 3. The van der Waals surface area contributed by atoms with Crippen molar-refractivity contribution < 1.29 is 19.8 Å². The van der Waals surface area contributed by atoms with Crippen LogP contribution in [0.4, 0.5) is 0 Å². The maximum atomic E-state index is 11.3. The zero-order valence-electron chi connectivity index (χ0n) is 14.6. The molecule has 0 aromatic heterocycles. The zero-order valence-corrected chi connectivity index (χ0v) is 14.6. The van der Waals surface area contributed by atoms with Crippen molar-refractivity contribution in [3.63, 3.8) is 0 Å². The summed E-state index contributed by atoms with van der Waals surface area (Å²) < 4.78 is 0. The van der Waals surface area contributed by atoms with Crippen LogP contribution in [0.2, 0.25) is 0 Å². The average molecular weight is 334 g/mol. The van der Waals surface area contributed by atoms with Crippen LogP contribution in [0, 0.1) is 0 Å². The first kappa shape index (κ1) is 22.1. The Morgan fingerprint density at radius 2 is 1.62 bits per heavy atom. The number of carboxylic acids is 1. The predicted molar refractivity (Wildman–Crippen MR) is 97.8 cm³/mol. The third-order valence-electron chi connectivity index (χ3n) is 3.35. The van der Waals surface area contributed by atoms with E-state index in [-0.39, 0.29) is 18.3 Å². The van der Waals surface area contributed by atoms with E-state index in [0.717, 1.165) is 32.1 Å². The second-order valence-corrected chi connectivity index (χ2v) is 5.66. The van der Waals surface area contributed by atoms with Gasteiger partial charge in [-0.2, -0.15) is 0 Å². The molecule has 0 aromatic rings. The minimum atomic E-state index is -0.957. The first-order chi connectivity index (χ1) is 11.6. The Morgan fingerprint density at radius 1 is 0.917 bits per heavy atom. The molecule has 0 amide bonds. The highest BCUT2D eigenvalue weighted by Gasteiger charge is 2.01. The van der Waals surface area contributed by atoms with Crippen molar-refractivity contribution in [3.05, 3.63) is 48.6 Å². The molecule has 0 heterocycles. The quantitative estimate of drug-likeness (QED) is 0.281. The maximum Gasteiger partial charge on any atom is 0.307 e. The van der Waals surface area contributed by atoms with Gasteiger partial charge in [0.25, 0.3) is 0 Å². The zero-order chi connectivity index (χ0) is 18.0. The monoisotopic (exact) mass is 334 g/mol. The first-order valence-electron chi connectivity index (χ1n) is 8.66. The number of carbonyl (C=O) groups is 2. The molecular weight excluding hydrogens is 304 g/mol. The predicted octanol–water partition coefficient (Wildman–Crippen LogP) is 4.37. The summed E-state index contributed by atoms with van der Waals surface area (Å²) in [6, 6.07) is 0. The van der Waals surface area contributed by atoms with Crippen LogP contribution in [-0.2, 0) is 9.59 Å². The van der Waals surface area contributed by atoms with E-state index in [0.29, 0.717) is 0 Å². The molecule has 0 spiro atoms. The summed E-state index contributed by atoms with van der Waals surface area (Å²) >= 11 is 0. The molecule has 2 N–H and O–H groups in total. The second kappa shape index (κ2) is 15.9. The van der Waals surface area contributed by atoms with Gasteiger partial charge in [-0.25, -0.2) is 0 Å². The van der Waals surface area contributed by atoms with Crippen LogP contribution in [0.5, 0.6) is 0 Å². The molecule has 1 unspecified atom stereocenters. The number of allylic oxidation sites excluding steroid dienone is 7.